The summed E-state index contributed by atoms with van der Waals surface area (Å²) in [5.41, 5.74) is -4.56. The first-order valence-corrected chi connectivity index (χ1v) is 20.0. The number of rotatable bonds is 10. The van der Waals surface area contributed by atoms with Gasteiger partial charge in [0.15, 0.2) is 76.0 Å². The summed E-state index contributed by atoms with van der Waals surface area (Å²) in [6.45, 7) is 0.139. The third kappa shape index (κ3) is 8.70. The molecule has 380 valence electrons. The third-order valence-electron chi connectivity index (χ3n) is 11.2. The molecule has 8 aromatic rings. The summed E-state index contributed by atoms with van der Waals surface area (Å²) in [4.78, 5) is 15.6. The number of ether oxygens (including phenoxy) is 1. The number of hydrogen-bond acceptors (Lipinski definition) is 3. The number of hydrogen-bond donors (Lipinski definition) is 0. The van der Waals surface area contributed by atoms with E-state index in [0.29, 0.717) is 22.9 Å². The fourth-order valence-electron chi connectivity index (χ4n) is 7.98. The zero-order chi connectivity index (χ0) is 54.4. The SMILES string of the molecule is Fc1c(F)c(F)c([B-](c2c(F)c(F)c(F)c(F)c2F)(c2c(F)c(F)c(F)c(F)c2F)c2c(F)c(F)c(F)c(F)c2F)c(F)c1F.[N-]=[N+]=Nc1cccc(Oc2c3ccccc3cc[n+]2CC(=O)c2ccccc2)c1. The molecule has 0 saturated carbocycles. The van der Waals surface area contributed by atoms with Crippen molar-refractivity contribution in [2.75, 3.05) is 0 Å². The van der Waals surface area contributed by atoms with Crippen LogP contribution < -0.4 is 31.2 Å². The third-order valence-corrected chi connectivity index (χ3v) is 11.2. The van der Waals surface area contributed by atoms with Gasteiger partial charge in [-0.05, 0) is 29.1 Å². The first kappa shape index (κ1) is 53.2. The quantitative estimate of drug-likeness (QED) is 0.0157. The molecule has 6 nitrogen and oxygen atoms in total. The lowest BCUT2D eigenvalue weighted by molar-refractivity contribution is -0.685. The van der Waals surface area contributed by atoms with Gasteiger partial charge in [-0.1, -0.05) is 65.8 Å². The molecule has 0 atom stereocenters. The number of halogens is 20. The lowest BCUT2D eigenvalue weighted by atomic mass is 9.12. The van der Waals surface area contributed by atoms with Crippen LogP contribution in [0.2, 0.25) is 0 Å². The molecular formula is C47H17BF20N4O2. The predicted molar refractivity (Wildman–Crippen MR) is 219 cm³/mol. The fourth-order valence-corrected chi connectivity index (χ4v) is 7.98. The van der Waals surface area contributed by atoms with Crippen molar-refractivity contribution in [2.24, 2.45) is 5.11 Å². The summed E-state index contributed by atoms with van der Waals surface area (Å²) in [7, 11) is 0. The van der Waals surface area contributed by atoms with E-state index < -0.39 is 144 Å². The molecule has 0 aliphatic carbocycles. The predicted octanol–water partition coefficient (Wildman–Crippen LogP) is 11.6. The normalized spacial score (nSPS) is 11.4. The van der Waals surface area contributed by atoms with Crippen LogP contribution in [0.3, 0.4) is 0 Å². The standard InChI is InChI=1S/C24BF20.C23H17N4O2/c26-5-1(6(27)14(35)21(42)13(5)34)25(2-7(28)15(36)22(43)16(37)8(2)29,3-9(30)17(38)23(44)18(39)10(3)31)4-11(32)19(40)24(45)20(41)12(4)33;24-26-25-19-10-6-11-20(15-19)29-23-21-12-5-4-7-17(21)13-14-27(23)16-22(28)18-8-2-1-3-9-18/h;1-15H,16H2/q-1;+1. The van der Waals surface area contributed by atoms with Crippen molar-refractivity contribution in [3.8, 4) is 11.6 Å². The van der Waals surface area contributed by atoms with Gasteiger partial charge < -0.3 is 4.74 Å². The molecule has 0 spiro atoms. The molecule has 0 aliphatic heterocycles. The number of pyridine rings is 1. The molecule has 8 rings (SSSR count). The van der Waals surface area contributed by atoms with Gasteiger partial charge in [-0.15, -0.1) is 21.9 Å². The van der Waals surface area contributed by atoms with Crippen LogP contribution in [0.25, 0.3) is 21.2 Å². The van der Waals surface area contributed by atoms with Crippen LogP contribution >= 0.6 is 0 Å². The smallest absolute Gasteiger partial charge is 0.381 e. The highest BCUT2D eigenvalue weighted by Crippen LogP contribution is 2.32. The van der Waals surface area contributed by atoms with Crippen molar-refractivity contribution in [1.82, 2.24) is 0 Å². The van der Waals surface area contributed by atoms with Gasteiger partial charge in [-0.2, -0.15) is 4.57 Å². The molecule has 7 aromatic carbocycles. The van der Waals surface area contributed by atoms with Crippen LogP contribution in [0.15, 0.2) is 96.2 Å². The summed E-state index contributed by atoms with van der Waals surface area (Å²) in [5, 5.41) is 5.50. The number of fused-ring (bicyclic) bond motifs is 1. The zero-order valence-electron chi connectivity index (χ0n) is 35.6. The zero-order valence-corrected chi connectivity index (χ0v) is 35.6. The monoisotopic (exact) mass is 1060 g/mol. The minimum absolute atomic E-state index is 0.0152. The second kappa shape index (κ2) is 20.5. The number of carbonyl (C=O) groups is 1. The summed E-state index contributed by atoms with van der Waals surface area (Å²) in [6.07, 6.45) is -5.37. The molecular weight excluding hydrogens is 1040 g/mol. The number of azide groups is 1. The number of Topliss-reactive ketones (excluding diaryl/α,β-unsaturated/α-hetero) is 1. The molecule has 0 bridgehead atoms. The van der Waals surface area contributed by atoms with E-state index in [4.69, 9.17) is 10.3 Å². The van der Waals surface area contributed by atoms with Crippen LogP contribution in [0.1, 0.15) is 10.4 Å². The highest BCUT2D eigenvalue weighted by molar-refractivity contribution is 7.20. The Kier molecular flexibility index (Phi) is 14.7. The molecule has 1 aromatic heterocycles. The number of ketones is 1. The van der Waals surface area contributed by atoms with Gasteiger partial charge in [0, 0.05) is 22.2 Å². The first-order chi connectivity index (χ1) is 34.9. The van der Waals surface area contributed by atoms with Crippen molar-refractivity contribution in [3.63, 3.8) is 0 Å². The molecule has 0 saturated heterocycles. The Morgan fingerprint density at radius 1 is 0.459 bits per heavy atom. The number of aromatic nitrogens is 1. The topological polar surface area (TPSA) is 78.9 Å². The summed E-state index contributed by atoms with van der Waals surface area (Å²) >= 11 is 0. The maximum atomic E-state index is 15.4. The molecule has 0 fully saturated rings. The van der Waals surface area contributed by atoms with Gasteiger partial charge in [0.05, 0.1) is 5.39 Å². The number of benzene rings is 7. The Balaban J connectivity index is 0.000000237. The Hall–Kier alpha value is -8.61. The second-order valence-electron chi connectivity index (χ2n) is 15.2. The van der Waals surface area contributed by atoms with Crippen LogP contribution in [0.5, 0.6) is 11.6 Å². The molecule has 0 amide bonds. The van der Waals surface area contributed by atoms with E-state index in [1.165, 1.54) is 0 Å². The lowest BCUT2D eigenvalue weighted by Crippen LogP contribution is -2.81. The molecule has 0 unspecified atom stereocenters. The average Bonchev–Trinajstić information content (AvgIpc) is 3.40. The summed E-state index contributed by atoms with van der Waals surface area (Å²) in [5.74, 6) is -70.4. The van der Waals surface area contributed by atoms with Crippen LogP contribution in [0, 0.1) is 116 Å². The summed E-state index contributed by atoms with van der Waals surface area (Å²) < 4.78 is 302. The minimum Gasteiger partial charge on any atom is -0.405 e. The average molecular weight is 1060 g/mol. The molecule has 27 heteroatoms. The molecule has 0 N–H and O–H groups in total. The van der Waals surface area contributed by atoms with Crippen molar-refractivity contribution in [1.29, 1.82) is 0 Å². The van der Waals surface area contributed by atoms with Gasteiger partial charge in [-0.3, -0.25) is 4.79 Å². The first-order valence-electron chi connectivity index (χ1n) is 20.0. The van der Waals surface area contributed by atoms with Crippen molar-refractivity contribution >= 4 is 50.2 Å². The van der Waals surface area contributed by atoms with E-state index in [2.05, 4.69) is 10.0 Å². The van der Waals surface area contributed by atoms with Crippen LogP contribution in [0.4, 0.5) is 93.5 Å². The number of carbonyl (C=O) groups excluding carboxylic acids is 1. The van der Waals surface area contributed by atoms with Gasteiger partial charge in [0.2, 0.25) is 12.3 Å². The highest BCUT2D eigenvalue weighted by atomic mass is 19.2. The van der Waals surface area contributed by atoms with E-state index in [1.54, 1.807) is 41.0 Å². The molecule has 74 heavy (non-hydrogen) atoms. The fraction of sp³-hybridized carbons (Fsp3) is 0.0213. The van der Waals surface area contributed by atoms with Crippen molar-refractivity contribution < 1.29 is 102 Å². The van der Waals surface area contributed by atoms with Crippen LogP contribution in [-0.2, 0) is 6.54 Å². The Morgan fingerprint density at radius 2 is 0.824 bits per heavy atom. The molecule has 1 heterocycles. The van der Waals surface area contributed by atoms with Crippen LogP contribution in [-0.4, -0.2) is 11.9 Å². The van der Waals surface area contributed by atoms with E-state index in [-0.39, 0.29) is 12.3 Å². The minimum atomic E-state index is -7.22. The Morgan fingerprint density at radius 3 is 1.22 bits per heavy atom. The largest absolute Gasteiger partial charge is 0.405 e. The number of nitrogens with zero attached hydrogens (tertiary/aromatic N) is 4. The van der Waals surface area contributed by atoms with E-state index >= 15 is 35.1 Å². The van der Waals surface area contributed by atoms with Crippen molar-refractivity contribution in [2.45, 2.75) is 6.54 Å². The Labute approximate surface area is 398 Å². The van der Waals surface area contributed by atoms with E-state index in [0.717, 1.165) is 10.8 Å². The van der Waals surface area contributed by atoms with E-state index in [1.807, 2.05) is 54.7 Å². The highest BCUT2D eigenvalue weighted by Gasteiger charge is 2.52. The van der Waals surface area contributed by atoms with Gasteiger partial charge >= 0.3 is 5.88 Å². The second-order valence-corrected chi connectivity index (χ2v) is 15.2. The Bertz CT molecular complexity index is 3290. The maximum absolute atomic E-state index is 15.4. The lowest BCUT2D eigenvalue weighted by Gasteiger charge is -2.44. The maximum Gasteiger partial charge on any atom is 0.381 e. The van der Waals surface area contributed by atoms with E-state index in [9.17, 15) is 57.5 Å². The van der Waals surface area contributed by atoms with Crippen molar-refractivity contribution in [3.05, 3.63) is 223 Å². The van der Waals surface area contributed by atoms with Gasteiger partial charge in [-0.25, -0.2) is 87.8 Å². The molecule has 0 aliphatic rings. The van der Waals surface area contributed by atoms with Gasteiger partial charge in [0.1, 0.15) is 58.4 Å². The summed E-state index contributed by atoms with van der Waals surface area (Å²) in [6, 6.07) is 25.8. The molecule has 0 radical (unpaired) electrons. The van der Waals surface area contributed by atoms with Gasteiger partial charge in [0.25, 0.3) is 0 Å².